The molecule has 2 aromatic heterocycles. The van der Waals surface area contributed by atoms with Gasteiger partial charge in [0.05, 0.1) is 29.6 Å². The Kier molecular flexibility index (Phi) is 5.48. The first-order valence-corrected chi connectivity index (χ1v) is 10.8. The summed E-state index contributed by atoms with van der Waals surface area (Å²) in [7, 11) is 1.90. The number of amides is 2. The van der Waals surface area contributed by atoms with E-state index in [4.69, 9.17) is 0 Å². The number of fused-ring (bicyclic) bond motifs is 2. The highest BCUT2D eigenvalue weighted by atomic mass is 19.3. The van der Waals surface area contributed by atoms with Gasteiger partial charge >= 0.3 is 12.6 Å². The number of nitrogens with zero attached hydrogens (tertiary/aromatic N) is 5. The van der Waals surface area contributed by atoms with Crippen molar-refractivity contribution < 1.29 is 18.3 Å². The molecule has 8 nitrogen and oxygen atoms in total. The minimum atomic E-state index is -2.93. The summed E-state index contributed by atoms with van der Waals surface area (Å²) in [5.74, 6) is 1.14. The quantitative estimate of drug-likeness (QED) is 0.420. The molecule has 1 aliphatic heterocycles. The molecule has 1 aliphatic rings. The average molecular weight is 464 g/mol. The number of benzene rings is 2. The van der Waals surface area contributed by atoms with E-state index in [9.17, 15) is 13.6 Å². The van der Waals surface area contributed by atoms with Gasteiger partial charge in [0.1, 0.15) is 17.4 Å². The van der Waals surface area contributed by atoms with Gasteiger partial charge in [-0.05, 0) is 61.5 Å². The van der Waals surface area contributed by atoms with Gasteiger partial charge in [0.25, 0.3) is 0 Å². The summed E-state index contributed by atoms with van der Waals surface area (Å²) >= 11 is 0. The Balaban J connectivity index is 1.59. The largest absolute Gasteiger partial charge is 0.435 e. The van der Waals surface area contributed by atoms with Crippen LogP contribution in [0.1, 0.15) is 12.5 Å². The van der Waals surface area contributed by atoms with E-state index < -0.39 is 6.61 Å². The Hall–Kier alpha value is -4.21. The Labute approximate surface area is 194 Å². The fourth-order valence-corrected chi connectivity index (χ4v) is 4.02. The van der Waals surface area contributed by atoms with Gasteiger partial charge in [-0.15, -0.1) is 0 Å². The second-order valence-corrected chi connectivity index (χ2v) is 7.81. The van der Waals surface area contributed by atoms with Crippen molar-refractivity contribution in [3.63, 3.8) is 0 Å². The van der Waals surface area contributed by atoms with Crippen LogP contribution in [-0.4, -0.2) is 33.7 Å². The normalized spacial score (nSPS) is 13.5. The van der Waals surface area contributed by atoms with Gasteiger partial charge in [-0.3, -0.25) is 4.90 Å². The number of rotatable bonds is 6. The summed E-state index contributed by atoms with van der Waals surface area (Å²) in [4.78, 5) is 26.0. The van der Waals surface area contributed by atoms with Gasteiger partial charge in [-0.1, -0.05) is 0 Å². The molecule has 0 fully saturated rings. The summed E-state index contributed by atoms with van der Waals surface area (Å²) in [6.45, 7) is 0.0446. The van der Waals surface area contributed by atoms with Gasteiger partial charge in [0.15, 0.2) is 0 Å². The highest BCUT2D eigenvalue weighted by molar-refractivity contribution is 6.10. The molecule has 10 heteroatoms. The van der Waals surface area contributed by atoms with E-state index >= 15 is 0 Å². The molecule has 0 radical (unpaired) electrons. The van der Waals surface area contributed by atoms with Crippen LogP contribution >= 0.6 is 0 Å². The van der Waals surface area contributed by atoms with Gasteiger partial charge < -0.3 is 14.6 Å². The van der Waals surface area contributed by atoms with E-state index in [1.54, 1.807) is 23.4 Å². The summed E-state index contributed by atoms with van der Waals surface area (Å²) < 4.78 is 31.5. The van der Waals surface area contributed by atoms with E-state index in [1.807, 2.05) is 48.9 Å². The molecule has 34 heavy (non-hydrogen) atoms. The van der Waals surface area contributed by atoms with Crippen molar-refractivity contribution in [2.24, 2.45) is 7.05 Å². The van der Waals surface area contributed by atoms with Crippen molar-refractivity contribution >= 4 is 40.1 Å². The number of ether oxygens (including phenoxy) is 1. The predicted molar refractivity (Wildman–Crippen MR) is 126 cm³/mol. The van der Waals surface area contributed by atoms with Crippen LogP contribution in [0.5, 0.6) is 5.75 Å². The van der Waals surface area contributed by atoms with Gasteiger partial charge in [-0.2, -0.15) is 8.78 Å². The molecule has 2 aromatic carbocycles. The van der Waals surface area contributed by atoms with Crippen LogP contribution in [0, 0.1) is 0 Å². The molecule has 0 unspecified atom stereocenters. The third kappa shape index (κ3) is 3.87. The second kappa shape index (κ2) is 8.62. The summed E-state index contributed by atoms with van der Waals surface area (Å²) in [6.07, 6.45) is 1.73. The van der Waals surface area contributed by atoms with E-state index in [0.717, 1.165) is 16.6 Å². The molecule has 174 valence electrons. The lowest BCUT2D eigenvalue weighted by molar-refractivity contribution is -0.0498. The second-order valence-electron chi connectivity index (χ2n) is 7.81. The van der Waals surface area contributed by atoms with Crippen molar-refractivity contribution in [1.82, 2.24) is 14.5 Å². The first-order chi connectivity index (χ1) is 16.4. The molecule has 1 N–H and O–H groups in total. The monoisotopic (exact) mass is 464 g/mol. The van der Waals surface area contributed by atoms with E-state index in [1.165, 1.54) is 17.0 Å². The number of aromatic nitrogens is 3. The first-order valence-electron chi connectivity index (χ1n) is 10.8. The van der Waals surface area contributed by atoms with Crippen LogP contribution in [-0.2, 0) is 13.6 Å². The van der Waals surface area contributed by atoms with Gasteiger partial charge in [0.2, 0.25) is 0 Å². The number of hydrogen-bond donors (Lipinski definition) is 1. The zero-order valence-electron chi connectivity index (χ0n) is 18.6. The van der Waals surface area contributed by atoms with Crippen molar-refractivity contribution in [3.05, 3.63) is 66.5 Å². The zero-order valence-corrected chi connectivity index (χ0v) is 18.6. The van der Waals surface area contributed by atoms with E-state index in [0.29, 0.717) is 36.1 Å². The number of imidazole rings is 1. The molecule has 0 saturated heterocycles. The number of anilines is 4. The van der Waals surface area contributed by atoms with E-state index in [-0.39, 0.29) is 11.8 Å². The third-order valence-corrected chi connectivity index (χ3v) is 5.62. The molecule has 5 rings (SSSR count). The number of urea groups is 1. The van der Waals surface area contributed by atoms with Crippen molar-refractivity contribution in [2.75, 3.05) is 21.7 Å². The maximum atomic E-state index is 13.8. The summed E-state index contributed by atoms with van der Waals surface area (Å²) in [5, 5.41) is 3.17. The Morgan fingerprint density at radius 3 is 2.59 bits per heavy atom. The highest BCUT2D eigenvalue weighted by Crippen LogP contribution is 2.37. The zero-order chi connectivity index (χ0) is 23.8. The topological polar surface area (TPSA) is 75.5 Å². The smallest absolute Gasteiger partial charge is 0.387 e. The minimum absolute atomic E-state index is 0.0105. The van der Waals surface area contributed by atoms with Crippen molar-refractivity contribution in [1.29, 1.82) is 0 Å². The third-order valence-electron chi connectivity index (χ3n) is 5.62. The maximum Gasteiger partial charge on any atom is 0.387 e. The van der Waals surface area contributed by atoms with E-state index in [2.05, 4.69) is 20.0 Å². The lowest BCUT2D eigenvalue weighted by atomic mass is 10.1. The van der Waals surface area contributed by atoms with Crippen molar-refractivity contribution in [3.8, 4) is 5.75 Å². The van der Waals surface area contributed by atoms with Crippen LogP contribution in [0.25, 0.3) is 11.0 Å². The minimum Gasteiger partial charge on any atom is -0.435 e. The number of hydrogen-bond acceptors (Lipinski definition) is 5. The van der Waals surface area contributed by atoms with Crippen LogP contribution < -0.4 is 19.9 Å². The standard InChI is InChI=1S/C24H22F2N6O2/c1-3-27-21-11-4-15-13-31(17-7-10-19-20(12-17)30(2)14-28-19)24(33)32(22(15)29-21)16-5-8-18(9-6-16)34-23(25)26/h4-12,14,23H,3,13H2,1-2H3,(H,27,29). The van der Waals surface area contributed by atoms with Crippen molar-refractivity contribution in [2.45, 2.75) is 20.1 Å². The number of carbonyl (C=O) groups excluding carboxylic acids is 1. The molecule has 0 aliphatic carbocycles. The Morgan fingerprint density at radius 2 is 1.85 bits per heavy atom. The predicted octanol–water partition coefficient (Wildman–Crippen LogP) is 5.28. The maximum absolute atomic E-state index is 13.8. The molecule has 0 spiro atoms. The molecule has 4 aromatic rings. The molecule has 0 bridgehead atoms. The Bertz CT molecular complexity index is 1360. The molecular formula is C24H22F2N6O2. The van der Waals surface area contributed by atoms with Gasteiger partial charge in [0, 0.05) is 24.8 Å². The fourth-order valence-electron chi connectivity index (χ4n) is 4.02. The van der Waals surface area contributed by atoms with Crippen LogP contribution in [0.3, 0.4) is 0 Å². The lowest BCUT2D eigenvalue weighted by Crippen LogP contribution is -2.45. The van der Waals surface area contributed by atoms with Crippen LogP contribution in [0.15, 0.2) is 60.9 Å². The molecule has 0 saturated carbocycles. The van der Waals surface area contributed by atoms with Crippen LogP contribution in [0.2, 0.25) is 0 Å². The Morgan fingerprint density at radius 1 is 1.09 bits per heavy atom. The number of carbonyl (C=O) groups is 1. The molecule has 2 amide bonds. The highest BCUT2D eigenvalue weighted by Gasteiger charge is 2.34. The summed E-state index contributed by atoms with van der Waals surface area (Å²) in [5.41, 5.74) is 3.78. The number of aryl methyl sites for hydroxylation is 1. The van der Waals surface area contributed by atoms with Gasteiger partial charge in [-0.25, -0.2) is 19.7 Å². The number of nitrogens with one attached hydrogen (secondary N) is 1. The number of alkyl halides is 2. The van der Waals surface area contributed by atoms with Crippen LogP contribution in [0.4, 0.5) is 36.6 Å². The summed E-state index contributed by atoms with van der Waals surface area (Å²) in [6, 6.07) is 15.1. The SMILES string of the molecule is CCNc1ccc2c(n1)N(c1ccc(OC(F)F)cc1)C(=O)N(c1ccc3ncn(C)c3c1)C2. The number of pyridine rings is 1. The molecule has 0 atom stereocenters. The molecule has 3 heterocycles. The molecular weight excluding hydrogens is 442 g/mol. The lowest BCUT2D eigenvalue weighted by Gasteiger charge is -2.36. The fraction of sp³-hybridized carbons (Fsp3) is 0.208. The average Bonchev–Trinajstić information content (AvgIpc) is 3.19. The first kappa shape index (κ1) is 21.6. The number of halogens is 2.